The summed E-state index contributed by atoms with van der Waals surface area (Å²) in [5.74, 6) is 1.14. The van der Waals surface area contributed by atoms with Gasteiger partial charge < -0.3 is 10.6 Å². The molecule has 5 heteroatoms. The number of carbonyl (C=O) groups excluding carboxylic acids is 1. The molecule has 0 aliphatic heterocycles. The minimum atomic E-state index is -0.0591. The Kier molecular flexibility index (Phi) is 5.24. The Balaban J connectivity index is 2.09. The van der Waals surface area contributed by atoms with Crippen molar-refractivity contribution in [2.45, 2.75) is 45.1 Å². The SMILES string of the molecule is CCC1CCCCC1NC(=O)c1cc(Cl)nc(NC)c1. The van der Waals surface area contributed by atoms with E-state index in [1.165, 1.54) is 19.3 Å². The molecule has 1 aliphatic carbocycles. The van der Waals surface area contributed by atoms with Gasteiger partial charge in [-0.2, -0.15) is 0 Å². The number of nitrogens with one attached hydrogen (secondary N) is 2. The van der Waals surface area contributed by atoms with Gasteiger partial charge >= 0.3 is 0 Å². The van der Waals surface area contributed by atoms with Gasteiger partial charge in [0.15, 0.2) is 0 Å². The normalized spacial score (nSPS) is 22.4. The van der Waals surface area contributed by atoms with E-state index in [2.05, 4.69) is 22.5 Å². The zero-order valence-electron chi connectivity index (χ0n) is 12.1. The molecule has 1 amide bonds. The number of nitrogens with zero attached hydrogens (tertiary/aromatic N) is 1. The van der Waals surface area contributed by atoms with Gasteiger partial charge in [0.2, 0.25) is 0 Å². The van der Waals surface area contributed by atoms with E-state index in [1.807, 2.05) is 0 Å². The first-order chi connectivity index (χ1) is 9.63. The first-order valence-electron chi connectivity index (χ1n) is 7.30. The zero-order valence-corrected chi connectivity index (χ0v) is 12.8. The van der Waals surface area contributed by atoms with Crippen LogP contribution in [0.2, 0.25) is 5.15 Å². The highest BCUT2D eigenvalue weighted by atomic mass is 35.5. The van der Waals surface area contributed by atoms with Crippen LogP contribution in [0.3, 0.4) is 0 Å². The van der Waals surface area contributed by atoms with Crippen LogP contribution in [0.25, 0.3) is 0 Å². The summed E-state index contributed by atoms with van der Waals surface area (Å²) < 4.78 is 0. The number of rotatable bonds is 4. The largest absolute Gasteiger partial charge is 0.373 e. The predicted molar refractivity (Wildman–Crippen MR) is 82.3 cm³/mol. The van der Waals surface area contributed by atoms with Crippen molar-refractivity contribution in [1.82, 2.24) is 10.3 Å². The first-order valence-corrected chi connectivity index (χ1v) is 7.68. The summed E-state index contributed by atoms with van der Waals surface area (Å²) in [6.45, 7) is 2.19. The summed E-state index contributed by atoms with van der Waals surface area (Å²) in [6, 6.07) is 3.62. The van der Waals surface area contributed by atoms with E-state index in [1.54, 1.807) is 19.2 Å². The highest BCUT2D eigenvalue weighted by Crippen LogP contribution is 2.27. The second-order valence-corrected chi connectivity index (χ2v) is 5.73. The van der Waals surface area contributed by atoms with E-state index >= 15 is 0 Å². The average molecular weight is 296 g/mol. The van der Waals surface area contributed by atoms with Crippen molar-refractivity contribution in [3.05, 3.63) is 22.8 Å². The molecule has 1 aromatic heterocycles. The molecule has 0 bridgehead atoms. The monoisotopic (exact) mass is 295 g/mol. The van der Waals surface area contributed by atoms with E-state index < -0.39 is 0 Å². The van der Waals surface area contributed by atoms with Gasteiger partial charge in [-0.3, -0.25) is 4.79 Å². The third kappa shape index (κ3) is 3.63. The fourth-order valence-electron chi connectivity index (χ4n) is 2.89. The highest BCUT2D eigenvalue weighted by molar-refractivity contribution is 6.29. The molecule has 0 aromatic carbocycles. The van der Waals surface area contributed by atoms with Crippen LogP contribution in [0.4, 0.5) is 5.82 Å². The number of hydrogen-bond donors (Lipinski definition) is 2. The minimum absolute atomic E-state index is 0.0591. The zero-order chi connectivity index (χ0) is 14.5. The van der Waals surface area contributed by atoms with Gasteiger partial charge in [-0.1, -0.05) is 37.8 Å². The molecule has 4 nitrogen and oxygen atoms in total. The number of pyridine rings is 1. The van der Waals surface area contributed by atoms with Gasteiger partial charge in [0.05, 0.1) is 0 Å². The van der Waals surface area contributed by atoms with E-state index in [4.69, 9.17) is 11.6 Å². The summed E-state index contributed by atoms with van der Waals surface area (Å²) in [4.78, 5) is 16.5. The van der Waals surface area contributed by atoms with Crippen molar-refractivity contribution in [2.75, 3.05) is 12.4 Å². The molecular formula is C15H22ClN3O. The maximum absolute atomic E-state index is 12.4. The van der Waals surface area contributed by atoms with Crippen LogP contribution < -0.4 is 10.6 Å². The number of amides is 1. The Morgan fingerprint density at radius 1 is 1.40 bits per heavy atom. The second-order valence-electron chi connectivity index (χ2n) is 5.35. The fourth-order valence-corrected chi connectivity index (χ4v) is 3.10. The molecule has 0 saturated heterocycles. The molecule has 20 heavy (non-hydrogen) atoms. The van der Waals surface area contributed by atoms with E-state index in [-0.39, 0.29) is 11.9 Å². The van der Waals surface area contributed by atoms with Crippen LogP contribution >= 0.6 is 11.6 Å². The average Bonchev–Trinajstić information content (AvgIpc) is 2.47. The maximum atomic E-state index is 12.4. The summed E-state index contributed by atoms with van der Waals surface area (Å²) in [7, 11) is 1.76. The Morgan fingerprint density at radius 2 is 2.15 bits per heavy atom. The number of anilines is 1. The van der Waals surface area contributed by atoms with Crippen LogP contribution in [-0.4, -0.2) is 24.0 Å². The van der Waals surface area contributed by atoms with Gasteiger partial charge in [0.25, 0.3) is 5.91 Å². The van der Waals surface area contributed by atoms with Crippen molar-refractivity contribution in [1.29, 1.82) is 0 Å². The van der Waals surface area contributed by atoms with Crippen molar-refractivity contribution in [3.63, 3.8) is 0 Å². The van der Waals surface area contributed by atoms with Crippen LogP contribution in [0, 0.1) is 5.92 Å². The van der Waals surface area contributed by atoms with Gasteiger partial charge in [-0.15, -0.1) is 0 Å². The lowest BCUT2D eigenvalue weighted by molar-refractivity contribution is 0.0904. The standard InChI is InChI=1S/C15H22ClN3O/c1-3-10-6-4-5-7-12(10)18-15(20)11-8-13(16)19-14(9-11)17-2/h8-10,12H,3-7H2,1-2H3,(H,17,19)(H,18,20). The van der Waals surface area contributed by atoms with Gasteiger partial charge in [-0.05, 0) is 30.9 Å². The van der Waals surface area contributed by atoms with Gasteiger partial charge in [-0.25, -0.2) is 4.98 Å². The molecule has 1 saturated carbocycles. The van der Waals surface area contributed by atoms with Crippen LogP contribution in [-0.2, 0) is 0 Å². The number of halogens is 1. The van der Waals surface area contributed by atoms with E-state index in [0.29, 0.717) is 22.5 Å². The molecule has 1 aromatic rings. The van der Waals surface area contributed by atoms with Gasteiger partial charge in [0.1, 0.15) is 11.0 Å². The molecule has 2 unspecified atom stereocenters. The van der Waals surface area contributed by atoms with Crippen LogP contribution in [0.15, 0.2) is 12.1 Å². The van der Waals surface area contributed by atoms with Crippen molar-refractivity contribution in [3.8, 4) is 0 Å². The maximum Gasteiger partial charge on any atom is 0.251 e. The summed E-state index contributed by atoms with van der Waals surface area (Å²) in [6.07, 6.45) is 5.86. The second kappa shape index (κ2) is 6.93. The molecule has 110 valence electrons. The summed E-state index contributed by atoms with van der Waals surface area (Å²) in [5, 5.41) is 6.40. The van der Waals surface area contributed by atoms with E-state index in [9.17, 15) is 4.79 Å². The lowest BCUT2D eigenvalue weighted by Gasteiger charge is -2.31. The molecule has 2 atom stereocenters. The molecule has 1 aliphatic rings. The molecular weight excluding hydrogens is 274 g/mol. The van der Waals surface area contributed by atoms with Gasteiger partial charge in [0, 0.05) is 18.7 Å². The lowest BCUT2D eigenvalue weighted by Crippen LogP contribution is -2.41. The minimum Gasteiger partial charge on any atom is -0.373 e. The molecule has 2 rings (SSSR count). The summed E-state index contributed by atoms with van der Waals surface area (Å²) >= 11 is 5.94. The molecule has 0 radical (unpaired) electrons. The Hall–Kier alpha value is -1.29. The van der Waals surface area contributed by atoms with Crippen molar-refractivity contribution in [2.24, 2.45) is 5.92 Å². The first kappa shape index (κ1) is 15.1. The highest BCUT2D eigenvalue weighted by Gasteiger charge is 2.25. The van der Waals surface area contributed by atoms with Crippen LogP contribution in [0.5, 0.6) is 0 Å². The fraction of sp³-hybridized carbons (Fsp3) is 0.600. The molecule has 1 fully saturated rings. The van der Waals surface area contributed by atoms with Crippen molar-refractivity contribution >= 4 is 23.3 Å². The quantitative estimate of drug-likeness (QED) is 0.836. The number of carbonyl (C=O) groups is 1. The lowest BCUT2D eigenvalue weighted by atomic mass is 9.83. The smallest absolute Gasteiger partial charge is 0.251 e. The van der Waals surface area contributed by atoms with Crippen LogP contribution in [0.1, 0.15) is 49.4 Å². The van der Waals surface area contributed by atoms with E-state index in [0.717, 1.165) is 12.8 Å². The topological polar surface area (TPSA) is 54.0 Å². The molecule has 0 spiro atoms. The third-order valence-corrected chi connectivity index (χ3v) is 4.26. The Morgan fingerprint density at radius 3 is 2.85 bits per heavy atom. The third-order valence-electron chi connectivity index (χ3n) is 4.06. The number of hydrogen-bond acceptors (Lipinski definition) is 3. The Labute approximate surface area is 125 Å². The molecule has 2 N–H and O–H groups in total. The predicted octanol–water partition coefficient (Wildman–Crippen LogP) is 3.48. The van der Waals surface area contributed by atoms with Crippen molar-refractivity contribution < 1.29 is 4.79 Å². The summed E-state index contributed by atoms with van der Waals surface area (Å²) in [5.41, 5.74) is 0.565. The Bertz CT molecular complexity index is 478. The molecule has 1 heterocycles. The number of aromatic nitrogens is 1.